The normalized spacial score (nSPS) is 15.7. The van der Waals surface area contributed by atoms with Crippen LogP contribution in [0, 0.1) is 11.8 Å². The molecule has 0 bridgehead atoms. The first kappa shape index (κ1) is 21.6. The van der Waals surface area contributed by atoms with Crippen molar-refractivity contribution in [3.05, 3.63) is 94.0 Å². The fourth-order valence-electron chi connectivity index (χ4n) is 4.33. The number of pyridine rings is 1. The molecule has 1 radical (unpaired) electrons. The molecule has 9 heteroatoms. The van der Waals surface area contributed by atoms with E-state index >= 15 is 0 Å². The van der Waals surface area contributed by atoms with Crippen LogP contribution in [-0.2, 0) is 6.42 Å². The van der Waals surface area contributed by atoms with E-state index in [1.165, 1.54) is 12.1 Å². The fourth-order valence-corrected chi connectivity index (χ4v) is 7.05. The summed E-state index contributed by atoms with van der Waals surface area (Å²) in [4.78, 5) is 29.3. The van der Waals surface area contributed by atoms with Crippen molar-refractivity contribution in [2.45, 2.75) is 6.42 Å². The summed E-state index contributed by atoms with van der Waals surface area (Å²) in [5, 5.41) is 8.37. The van der Waals surface area contributed by atoms with Crippen LogP contribution in [0.15, 0.2) is 65.5 Å². The van der Waals surface area contributed by atoms with Gasteiger partial charge in [0.05, 0.1) is 11.1 Å². The van der Waals surface area contributed by atoms with Crippen molar-refractivity contribution < 1.29 is 13.7 Å². The topological polar surface area (TPSA) is 82.1 Å². The second-order valence-electron chi connectivity index (χ2n) is 8.18. The van der Waals surface area contributed by atoms with Gasteiger partial charge in [-0.3, -0.25) is 4.79 Å². The van der Waals surface area contributed by atoms with Crippen molar-refractivity contribution >= 4 is 29.4 Å². The Bertz CT molecular complexity index is 1390. The third-order valence-electron chi connectivity index (χ3n) is 6.11. The summed E-state index contributed by atoms with van der Waals surface area (Å²) in [6, 6.07) is 16.6. The number of rotatable bonds is 4. The average molecular weight is 467 g/mol. The molecule has 1 aliphatic heterocycles. The molecule has 6 nitrogen and oxygen atoms in total. The van der Waals surface area contributed by atoms with Crippen LogP contribution in [0.1, 0.15) is 11.3 Å². The number of fused-ring (bicyclic) bond motifs is 1. The molecule has 169 valence electrons. The summed E-state index contributed by atoms with van der Waals surface area (Å²) in [5.41, 5.74) is 1.23. The third-order valence-corrected chi connectivity index (χ3v) is 9.23. The summed E-state index contributed by atoms with van der Waals surface area (Å²) in [7, 11) is -2.73. The van der Waals surface area contributed by atoms with E-state index in [0.29, 0.717) is 54.0 Å². The molecule has 0 amide bonds. The Balaban J connectivity index is 1.40. The second kappa shape index (κ2) is 8.61. The minimum Gasteiger partial charge on any atom is -0.375 e. The van der Waals surface area contributed by atoms with E-state index < -0.39 is 19.3 Å². The van der Waals surface area contributed by atoms with Gasteiger partial charge in [-0.25, -0.2) is 14.5 Å². The largest absolute Gasteiger partial charge is 0.375 e. The van der Waals surface area contributed by atoms with Crippen molar-refractivity contribution in [3.63, 3.8) is 0 Å². The molecule has 1 fully saturated rings. The number of halogens is 2. The maximum Gasteiger partial charge on any atom is 0.272 e. The summed E-state index contributed by atoms with van der Waals surface area (Å²) >= 11 is 0. The monoisotopic (exact) mass is 467 g/mol. The lowest BCUT2D eigenvalue weighted by molar-refractivity contribution is 0.574. The van der Waals surface area contributed by atoms with E-state index in [4.69, 9.17) is 0 Å². The van der Waals surface area contributed by atoms with Gasteiger partial charge in [0, 0.05) is 50.0 Å². The molecule has 33 heavy (non-hydrogen) atoms. The van der Waals surface area contributed by atoms with E-state index in [-0.39, 0.29) is 5.56 Å². The molecule has 0 saturated carbocycles. The third kappa shape index (κ3) is 4.24. The minimum absolute atomic E-state index is 0.256. The van der Waals surface area contributed by atoms with Crippen LogP contribution in [0.3, 0.4) is 0 Å². The highest BCUT2D eigenvalue weighted by molar-refractivity contribution is 7.77. The first-order valence-corrected chi connectivity index (χ1v) is 12.8. The highest BCUT2D eigenvalue weighted by Crippen LogP contribution is 2.55. The Hall–Kier alpha value is -3.22. The van der Waals surface area contributed by atoms with Crippen molar-refractivity contribution in [1.82, 2.24) is 15.2 Å². The van der Waals surface area contributed by atoms with Gasteiger partial charge in [-0.05, 0) is 35.9 Å². The molecular formula is C24H22F2N4O2P. The van der Waals surface area contributed by atoms with Crippen molar-refractivity contribution in [2.24, 2.45) is 0 Å². The zero-order chi connectivity index (χ0) is 23.0. The molecule has 2 aromatic carbocycles. The van der Waals surface area contributed by atoms with Gasteiger partial charge in [-0.15, -0.1) is 0 Å². The van der Waals surface area contributed by atoms with Crippen molar-refractivity contribution in [3.8, 4) is 0 Å². The van der Waals surface area contributed by atoms with E-state index in [1.54, 1.807) is 36.4 Å². The maximum atomic E-state index is 14.8. The average Bonchev–Trinajstić information content (AvgIpc) is 2.82. The molecule has 3 heterocycles. The van der Waals surface area contributed by atoms with Gasteiger partial charge >= 0.3 is 0 Å². The number of nitrogens with one attached hydrogen (secondary N) is 1. The van der Waals surface area contributed by atoms with Crippen LogP contribution in [0.4, 0.5) is 14.6 Å². The number of benzene rings is 2. The molecule has 1 saturated heterocycles. The lowest BCUT2D eigenvalue weighted by atomic mass is 10.0. The Morgan fingerprint density at radius 3 is 2.52 bits per heavy atom. The van der Waals surface area contributed by atoms with Gasteiger partial charge in [-0.1, -0.05) is 30.3 Å². The fraction of sp³-hybridized carbons (Fsp3) is 0.208. The lowest BCUT2D eigenvalue weighted by Crippen LogP contribution is -2.40. The van der Waals surface area contributed by atoms with Crippen molar-refractivity contribution in [2.75, 3.05) is 30.3 Å². The predicted octanol–water partition coefficient (Wildman–Crippen LogP) is 3.26. The maximum absolute atomic E-state index is 14.8. The van der Waals surface area contributed by atoms with Crippen molar-refractivity contribution in [1.29, 1.82) is 0 Å². The summed E-state index contributed by atoms with van der Waals surface area (Å²) < 4.78 is 28.3. The van der Waals surface area contributed by atoms with Gasteiger partial charge in [0.25, 0.3) is 5.56 Å². The minimum atomic E-state index is -2.73. The Kier molecular flexibility index (Phi) is 5.64. The molecule has 0 aliphatic carbocycles. The quantitative estimate of drug-likeness (QED) is 0.356. The highest BCUT2D eigenvalue weighted by atomic mass is 31.2. The highest BCUT2D eigenvalue weighted by Gasteiger charge is 2.35. The van der Waals surface area contributed by atoms with Gasteiger partial charge in [0.2, 0.25) is 5.95 Å². The summed E-state index contributed by atoms with van der Waals surface area (Å²) in [6.07, 6.45) is 1.18. The second-order valence-corrected chi connectivity index (χ2v) is 11.4. The van der Waals surface area contributed by atoms with Crippen LogP contribution >= 0.6 is 7.49 Å². The van der Waals surface area contributed by atoms with Gasteiger partial charge in [0.15, 0.2) is 0 Å². The van der Waals surface area contributed by atoms with E-state index in [2.05, 4.69) is 15.2 Å². The molecule has 2 aromatic heterocycles. The summed E-state index contributed by atoms with van der Waals surface area (Å²) in [5.74, 6) is -0.456. The molecule has 4 aromatic rings. The molecule has 2 N–H and O–H groups in total. The van der Waals surface area contributed by atoms with E-state index in [1.807, 2.05) is 17.0 Å². The molecule has 5 rings (SSSR count). The Morgan fingerprint density at radius 2 is 1.76 bits per heavy atom. The smallest absolute Gasteiger partial charge is 0.272 e. The standard InChI is InChI=1S/C24H22F2N4O2P/c25-19-9-8-16(14-20-17-4-1-2-5-18(17)24(31)29-28-20)15-21(19)33(32)12-10-30(11-13-33)23-7-3-6-22(26)27-23/h1-9,15,32H,10-14H2,(H,29,31). The zero-order valence-electron chi connectivity index (χ0n) is 17.7. The van der Waals surface area contributed by atoms with Crippen LogP contribution in [0.25, 0.3) is 10.8 Å². The predicted molar refractivity (Wildman–Crippen MR) is 126 cm³/mol. The molecule has 0 unspecified atom stereocenters. The van der Waals surface area contributed by atoms with Crippen LogP contribution in [-0.4, -0.2) is 45.5 Å². The molecular weight excluding hydrogens is 445 g/mol. The Morgan fingerprint density at radius 1 is 1.00 bits per heavy atom. The number of H-pyrrole nitrogens is 1. The van der Waals surface area contributed by atoms with E-state index in [0.717, 1.165) is 10.9 Å². The Labute approximate surface area is 189 Å². The molecule has 0 spiro atoms. The van der Waals surface area contributed by atoms with Gasteiger partial charge < -0.3 is 9.79 Å². The number of aromatic amines is 1. The zero-order valence-corrected chi connectivity index (χ0v) is 18.6. The van der Waals surface area contributed by atoms with E-state index in [9.17, 15) is 18.5 Å². The number of aromatic nitrogens is 3. The number of anilines is 1. The first-order valence-electron chi connectivity index (χ1n) is 10.7. The number of hydrogen-bond acceptors (Lipinski definition) is 5. The molecule has 0 atom stereocenters. The number of nitrogens with zero attached hydrogens (tertiary/aromatic N) is 3. The van der Waals surface area contributed by atoms with Gasteiger partial charge in [-0.2, -0.15) is 9.49 Å². The SMILES string of the molecule is O=c1[nH]nc(Cc2ccc(F)c([P]3(O)CCN(c4cccc(F)n4)CC3)c2)c2ccccc12. The van der Waals surface area contributed by atoms with Crippen LogP contribution < -0.4 is 15.8 Å². The first-order chi connectivity index (χ1) is 15.9. The molecule has 1 aliphatic rings. The number of hydrogen-bond donors (Lipinski definition) is 2. The van der Waals surface area contributed by atoms with Crippen LogP contribution in [0.2, 0.25) is 0 Å². The summed E-state index contributed by atoms with van der Waals surface area (Å²) in [6.45, 7) is 0.938. The lowest BCUT2D eigenvalue weighted by Gasteiger charge is -2.40. The van der Waals surface area contributed by atoms with Gasteiger partial charge in [0.1, 0.15) is 11.6 Å². The van der Waals surface area contributed by atoms with Crippen LogP contribution in [0.5, 0.6) is 0 Å².